The van der Waals surface area contributed by atoms with Gasteiger partial charge in [-0.15, -0.1) is 0 Å². The van der Waals surface area contributed by atoms with Crippen molar-refractivity contribution in [1.82, 2.24) is 0 Å². The van der Waals surface area contributed by atoms with Crippen molar-refractivity contribution in [2.45, 2.75) is 19.3 Å². The summed E-state index contributed by atoms with van der Waals surface area (Å²) in [7, 11) is 0. The van der Waals surface area contributed by atoms with Crippen molar-refractivity contribution < 1.29 is 10.2 Å². The Morgan fingerprint density at radius 3 is 2.69 bits per heavy atom. The van der Waals surface area contributed by atoms with Gasteiger partial charge in [0.2, 0.25) is 0 Å². The lowest BCUT2D eigenvalue weighted by molar-refractivity contribution is 0.273. The second kappa shape index (κ2) is 5.00. The Labute approximate surface area is 78.8 Å². The molecular formula is C11H16O2. The highest BCUT2D eigenvalue weighted by Crippen LogP contribution is 2.15. The van der Waals surface area contributed by atoms with Crippen LogP contribution in [0.4, 0.5) is 0 Å². The molecule has 0 amide bonds. The van der Waals surface area contributed by atoms with Crippen molar-refractivity contribution in [3.05, 3.63) is 35.4 Å². The summed E-state index contributed by atoms with van der Waals surface area (Å²) in [6.45, 7) is 2.33. The van der Waals surface area contributed by atoms with Crippen molar-refractivity contribution in [3.63, 3.8) is 0 Å². The summed E-state index contributed by atoms with van der Waals surface area (Å²) >= 11 is 0. The summed E-state index contributed by atoms with van der Waals surface area (Å²) in [5.41, 5.74) is 2.26. The molecule has 0 aliphatic carbocycles. The van der Waals surface area contributed by atoms with Crippen LogP contribution >= 0.6 is 0 Å². The van der Waals surface area contributed by atoms with Gasteiger partial charge in [-0.05, 0) is 17.5 Å². The van der Waals surface area contributed by atoms with Gasteiger partial charge >= 0.3 is 0 Å². The van der Waals surface area contributed by atoms with Crippen LogP contribution in [0.15, 0.2) is 24.3 Å². The van der Waals surface area contributed by atoms with Gasteiger partial charge < -0.3 is 10.2 Å². The third-order valence-electron chi connectivity index (χ3n) is 2.19. The SMILES string of the molecule is C[C@H](CO)c1cccc(CCO)c1. The highest BCUT2D eigenvalue weighted by molar-refractivity contribution is 5.26. The lowest BCUT2D eigenvalue weighted by Gasteiger charge is -2.09. The topological polar surface area (TPSA) is 40.5 Å². The molecule has 2 nitrogen and oxygen atoms in total. The molecule has 1 aromatic rings. The van der Waals surface area contributed by atoms with Gasteiger partial charge in [-0.1, -0.05) is 31.2 Å². The van der Waals surface area contributed by atoms with E-state index < -0.39 is 0 Å². The summed E-state index contributed by atoms with van der Waals surface area (Å²) in [5.74, 6) is 0.179. The molecule has 0 heterocycles. The molecule has 13 heavy (non-hydrogen) atoms. The maximum atomic E-state index is 8.96. The fraction of sp³-hybridized carbons (Fsp3) is 0.455. The second-order valence-electron chi connectivity index (χ2n) is 3.30. The van der Waals surface area contributed by atoms with E-state index in [0.717, 1.165) is 11.1 Å². The van der Waals surface area contributed by atoms with Gasteiger partial charge in [0.15, 0.2) is 0 Å². The predicted octanol–water partition coefficient (Wildman–Crippen LogP) is 1.32. The zero-order valence-corrected chi connectivity index (χ0v) is 7.90. The van der Waals surface area contributed by atoms with E-state index in [0.29, 0.717) is 6.42 Å². The first-order valence-corrected chi connectivity index (χ1v) is 4.58. The maximum absolute atomic E-state index is 8.96. The van der Waals surface area contributed by atoms with Gasteiger partial charge in [-0.2, -0.15) is 0 Å². The molecule has 0 aliphatic heterocycles. The van der Waals surface area contributed by atoms with Crippen LogP contribution in [0.1, 0.15) is 24.0 Å². The van der Waals surface area contributed by atoms with Crippen molar-refractivity contribution in [3.8, 4) is 0 Å². The van der Waals surface area contributed by atoms with E-state index >= 15 is 0 Å². The van der Waals surface area contributed by atoms with Crippen molar-refractivity contribution in [1.29, 1.82) is 0 Å². The first-order chi connectivity index (χ1) is 6.27. The van der Waals surface area contributed by atoms with Crippen LogP contribution in [0.25, 0.3) is 0 Å². The minimum Gasteiger partial charge on any atom is -0.396 e. The second-order valence-corrected chi connectivity index (χ2v) is 3.30. The fourth-order valence-electron chi connectivity index (χ4n) is 1.29. The fourth-order valence-corrected chi connectivity index (χ4v) is 1.29. The summed E-state index contributed by atoms with van der Waals surface area (Å²) in [6.07, 6.45) is 0.686. The molecule has 0 fully saturated rings. The zero-order valence-electron chi connectivity index (χ0n) is 7.90. The van der Waals surface area contributed by atoms with E-state index in [4.69, 9.17) is 10.2 Å². The lowest BCUT2D eigenvalue weighted by atomic mass is 9.99. The lowest BCUT2D eigenvalue weighted by Crippen LogP contribution is -2.00. The molecule has 1 atom stereocenters. The van der Waals surface area contributed by atoms with Crippen LogP contribution in [-0.4, -0.2) is 23.4 Å². The molecule has 0 saturated heterocycles. The molecule has 0 saturated carbocycles. The quantitative estimate of drug-likeness (QED) is 0.733. The average Bonchev–Trinajstić information content (AvgIpc) is 2.18. The van der Waals surface area contributed by atoms with Crippen LogP contribution in [-0.2, 0) is 6.42 Å². The van der Waals surface area contributed by atoms with Crippen molar-refractivity contribution >= 4 is 0 Å². The predicted molar refractivity (Wildman–Crippen MR) is 52.7 cm³/mol. The summed E-state index contributed by atoms with van der Waals surface area (Å²) in [5, 5.41) is 17.7. The van der Waals surface area contributed by atoms with E-state index in [2.05, 4.69) is 0 Å². The van der Waals surface area contributed by atoms with Crippen molar-refractivity contribution in [2.24, 2.45) is 0 Å². The third kappa shape index (κ3) is 2.83. The van der Waals surface area contributed by atoms with E-state index in [1.54, 1.807) is 0 Å². The Kier molecular flexibility index (Phi) is 3.93. The monoisotopic (exact) mass is 180 g/mol. The average molecular weight is 180 g/mol. The molecule has 0 spiro atoms. The molecule has 1 rings (SSSR count). The Morgan fingerprint density at radius 1 is 1.31 bits per heavy atom. The Balaban J connectivity index is 2.78. The van der Waals surface area contributed by atoms with E-state index in [1.165, 1.54) is 0 Å². The summed E-state index contributed by atoms with van der Waals surface area (Å²) < 4.78 is 0. The number of hydrogen-bond acceptors (Lipinski definition) is 2. The first-order valence-electron chi connectivity index (χ1n) is 4.58. The van der Waals surface area contributed by atoms with E-state index in [-0.39, 0.29) is 19.1 Å². The number of hydrogen-bond donors (Lipinski definition) is 2. The molecule has 1 aromatic carbocycles. The Hall–Kier alpha value is -0.860. The van der Waals surface area contributed by atoms with Crippen LogP contribution < -0.4 is 0 Å². The van der Waals surface area contributed by atoms with Gasteiger partial charge in [0, 0.05) is 19.1 Å². The number of benzene rings is 1. The minimum absolute atomic E-state index is 0.169. The van der Waals surface area contributed by atoms with E-state index in [1.807, 2.05) is 31.2 Å². The van der Waals surface area contributed by atoms with Gasteiger partial charge in [0.05, 0.1) is 0 Å². The molecule has 0 unspecified atom stereocenters. The molecule has 0 aliphatic rings. The van der Waals surface area contributed by atoms with Crippen LogP contribution in [0.2, 0.25) is 0 Å². The largest absolute Gasteiger partial charge is 0.396 e. The van der Waals surface area contributed by atoms with Gasteiger partial charge in [-0.3, -0.25) is 0 Å². The number of aliphatic hydroxyl groups is 2. The van der Waals surface area contributed by atoms with Gasteiger partial charge in [0.1, 0.15) is 0 Å². The summed E-state index contributed by atoms with van der Waals surface area (Å²) in [4.78, 5) is 0. The highest BCUT2D eigenvalue weighted by atomic mass is 16.3. The highest BCUT2D eigenvalue weighted by Gasteiger charge is 2.03. The van der Waals surface area contributed by atoms with Crippen LogP contribution in [0.5, 0.6) is 0 Å². The Morgan fingerprint density at radius 2 is 2.08 bits per heavy atom. The van der Waals surface area contributed by atoms with Crippen molar-refractivity contribution in [2.75, 3.05) is 13.2 Å². The van der Waals surface area contributed by atoms with Gasteiger partial charge in [0.25, 0.3) is 0 Å². The van der Waals surface area contributed by atoms with Crippen LogP contribution in [0.3, 0.4) is 0 Å². The minimum atomic E-state index is 0.169. The van der Waals surface area contributed by atoms with Gasteiger partial charge in [-0.25, -0.2) is 0 Å². The molecule has 72 valence electrons. The molecule has 0 aromatic heterocycles. The smallest absolute Gasteiger partial charge is 0.0497 e. The summed E-state index contributed by atoms with van der Waals surface area (Å²) in [6, 6.07) is 8.00. The normalized spacial score (nSPS) is 12.8. The standard InChI is InChI=1S/C11H16O2/c1-9(8-13)11-4-2-3-10(7-11)5-6-12/h2-4,7,9,12-13H,5-6,8H2,1H3/t9-/m1/s1. The molecule has 2 heteroatoms. The molecule has 2 N–H and O–H groups in total. The van der Waals surface area contributed by atoms with Crippen LogP contribution in [0, 0.1) is 0 Å². The maximum Gasteiger partial charge on any atom is 0.0497 e. The number of aliphatic hydroxyl groups excluding tert-OH is 2. The van der Waals surface area contributed by atoms with E-state index in [9.17, 15) is 0 Å². The molecule has 0 radical (unpaired) electrons. The third-order valence-corrected chi connectivity index (χ3v) is 2.19. The molecular weight excluding hydrogens is 164 g/mol. The number of rotatable bonds is 4. The zero-order chi connectivity index (χ0) is 9.68. The first kappa shape index (κ1) is 10.2. The molecule has 0 bridgehead atoms. The Bertz CT molecular complexity index is 258.